The van der Waals surface area contributed by atoms with Crippen LogP contribution in [0.3, 0.4) is 0 Å². The minimum absolute atomic E-state index is 0.113. The number of nitrogens with zero attached hydrogens (tertiary/aromatic N) is 2. The number of amides is 2. The van der Waals surface area contributed by atoms with Crippen molar-refractivity contribution in [2.45, 2.75) is 45.1 Å². The molecule has 0 saturated carbocycles. The summed E-state index contributed by atoms with van der Waals surface area (Å²) in [4.78, 5) is 29.4. The molecular weight excluding hydrogens is 432 g/mol. The second kappa shape index (κ2) is 10.9. The minimum atomic E-state index is -0.356. The van der Waals surface area contributed by atoms with Gasteiger partial charge in [-0.1, -0.05) is 6.07 Å². The first-order valence-electron chi connectivity index (χ1n) is 12.1. The largest absolute Gasteiger partial charge is 0.494 e. The third-order valence-corrected chi connectivity index (χ3v) is 6.91. The SMILES string of the molecule is CCOc1ccc(N2C(=O)C[C@H](N3CCC(CCc4ccc(OC)c(OC)c4)CC3)C2=O)cc1. The topological polar surface area (TPSA) is 68.3 Å². The van der Waals surface area contributed by atoms with Crippen LogP contribution in [-0.4, -0.2) is 56.7 Å². The van der Waals surface area contributed by atoms with Gasteiger partial charge in [-0.3, -0.25) is 14.5 Å². The Bertz CT molecular complexity index is 999. The number of hydrogen-bond donors (Lipinski definition) is 0. The van der Waals surface area contributed by atoms with E-state index in [0.29, 0.717) is 18.2 Å². The van der Waals surface area contributed by atoms with Gasteiger partial charge in [-0.15, -0.1) is 0 Å². The highest BCUT2D eigenvalue weighted by atomic mass is 16.5. The van der Waals surface area contributed by atoms with Crippen molar-refractivity contribution < 1.29 is 23.8 Å². The van der Waals surface area contributed by atoms with Crippen molar-refractivity contribution in [1.29, 1.82) is 0 Å². The number of carbonyl (C=O) groups is 2. The quantitative estimate of drug-likeness (QED) is 0.519. The zero-order valence-corrected chi connectivity index (χ0v) is 20.3. The maximum Gasteiger partial charge on any atom is 0.251 e. The molecule has 34 heavy (non-hydrogen) atoms. The van der Waals surface area contributed by atoms with Gasteiger partial charge < -0.3 is 14.2 Å². The van der Waals surface area contributed by atoms with Crippen molar-refractivity contribution in [1.82, 2.24) is 4.90 Å². The summed E-state index contributed by atoms with van der Waals surface area (Å²) < 4.78 is 16.2. The van der Waals surface area contributed by atoms with Gasteiger partial charge in [0, 0.05) is 0 Å². The molecule has 0 aliphatic carbocycles. The summed E-state index contributed by atoms with van der Waals surface area (Å²) >= 11 is 0. The Balaban J connectivity index is 1.30. The Kier molecular flexibility index (Phi) is 7.73. The fourth-order valence-corrected chi connectivity index (χ4v) is 4.99. The maximum absolute atomic E-state index is 13.1. The standard InChI is InChI=1S/C27H34N2O5/c1-4-34-22-10-8-21(9-11-22)29-26(30)18-23(27(29)31)28-15-13-19(14-16-28)5-6-20-7-12-24(32-2)25(17-20)33-3/h7-12,17,19,23H,4-6,13-16,18H2,1-3H3/t23-/m0/s1. The summed E-state index contributed by atoms with van der Waals surface area (Å²) in [5.74, 6) is 2.61. The van der Waals surface area contributed by atoms with E-state index in [9.17, 15) is 9.59 Å². The van der Waals surface area contributed by atoms with E-state index in [1.165, 1.54) is 10.5 Å². The molecule has 0 spiro atoms. The van der Waals surface area contributed by atoms with Gasteiger partial charge in [-0.25, -0.2) is 4.90 Å². The molecule has 7 nitrogen and oxygen atoms in total. The van der Waals surface area contributed by atoms with Gasteiger partial charge in [0.1, 0.15) is 5.75 Å². The predicted molar refractivity (Wildman–Crippen MR) is 131 cm³/mol. The molecule has 2 fully saturated rings. The monoisotopic (exact) mass is 466 g/mol. The van der Waals surface area contributed by atoms with Crippen LogP contribution < -0.4 is 19.1 Å². The van der Waals surface area contributed by atoms with E-state index in [-0.39, 0.29) is 24.3 Å². The van der Waals surface area contributed by atoms with Crippen molar-refractivity contribution >= 4 is 17.5 Å². The first-order valence-corrected chi connectivity index (χ1v) is 12.1. The molecule has 2 amide bonds. The van der Waals surface area contributed by atoms with E-state index in [4.69, 9.17) is 14.2 Å². The molecule has 2 aliphatic heterocycles. The van der Waals surface area contributed by atoms with E-state index < -0.39 is 0 Å². The van der Waals surface area contributed by atoms with Crippen molar-refractivity contribution in [2.75, 3.05) is 38.8 Å². The van der Waals surface area contributed by atoms with Crippen LogP contribution in [0.2, 0.25) is 0 Å². The summed E-state index contributed by atoms with van der Waals surface area (Å²) in [5, 5.41) is 0. The summed E-state index contributed by atoms with van der Waals surface area (Å²) in [6, 6.07) is 12.9. The molecule has 182 valence electrons. The molecule has 0 bridgehead atoms. The molecule has 0 aromatic heterocycles. The third-order valence-electron chi connectivity index (χ3n) is 6.91. The zero-order chi connectivity index (χ0) is 24.1. The number of methoxy groups -OCH3 is 2. The first-order chi connectivity index (χ1) is 16.5. The number of likely N-dealkylation sites (tertiary alicyclic amines) is 1. The minimum Gasteiger partial charge on any atom is -0.494 e. The number of benzene rings is 2. The molecule has 2 aromatic carbocycles. The Morgan fingerprint density at radius 1 is 0.941 bits per heavy atom. The highest BCUT2D eigenvalue weighted by Gasteiger charge is 2.43. The van der Waals surface area contributed by atoms with Gasteiger partial charge in [0.2, 0.25) is 5.91 Å². The first kappa shape index (κ1) is 24.1. The lowest BCUT2D eigenvalue weighted by molar-refractivity contribution is -0.123. The zero-order valence-electron chi connectivity index (χ0n) is 20.3. The van der Waals surface area contributed by atoms with Crippen LogP contribution in [0.4, 0.5) is 5.69 Å². The molecule has 1 atom stereocenters. The average Bonchev–Trinajstić information content (AvgIpc) is 3.17. The molecular formula is C27H34N2O5. The molecule has 4 rings (SSSR count). The summed E-state index contributed by atoms with van der Waals surface area (Å²) in [7, 11) is 3.30. The lowest BCUT2D eigenvalue weighted by atomic mass is 9.89. The van der Waals surface area contributed by atoms with Crippen molar-refractivity contribution in [2.24, 2.45) is 5.92 Å². The van der Waals surface area contributed by atoms with Crippen molar-refractivity contribution in [3.63, 3.8) is 0 Å². The lowest BCUT2D eigenvalue weighted by Crippen LogP contribution is -2.46. The smallest absolute Gasteiger partial charge is 0.251 e. The van der Waals surface area contributed by atoms with Crippen LogP contribution in [0.1, 0.15) is 38.2 Å². The van der Waals surface area contributed by atoms with Gasteiger partial charge >= 0.3 is 0 Å². The Hall–Kier alpha value is -3.06. The van der Waals surface area contributed by atoms with Crippen LogP contribution in [0, 0.1) is 5.92 Å². The number of ether oxygens (including phenoxy) is 3. The average molecular weight is 467 g/mol. The maximum atomic E-state index is 13.1. The fraction of sp³-hybridized carbons (Fsp3) is 0.481. The van der Waals surface area contributed by atoms with Gasteiger partial charge in [0.25, 0.3) is 5.91 Å². The number of rotatable bonds is 9. The normalized spacial score (nSPS) is 19.5. The van der Waals surface area contributed by atoms with Gasteiger partial charge in [-0.05, 0) is 93.6 Å². The molecule has 2 aliphatic rings. The molecule has 7 heteroatoms. The van der Waals surface area contributed by atoms with Gasteiger partial charge in [-0.2, -0.15) is 0 Å². The second-order valence-corrected chi connectivity index (χ2v) is 8.92. The lowest BCUT2D eigenvalue weighted by Gasteiger charge is -2.34. The van der Waals surface area contributed by atoms with Crippen LogP contribution in [0.15, 0.2) is 42.5 Å². The van der Waals surface area contributed by atoms with E-state index in [2.05, 4.69) is 11.0 Å². The number of piperidine rings is 1. The molecule has 2 saturated heterocycles. The predicted octanol–water partition coefficient (Wildman–Crippen LogP) is 4.08. The Morgan fingerprint density at radius 2 is 1.65 bits per heavy atom. The Labute approximate surface area is 201 Å². The van der Waals surface area contributed by atoms with E-state index in [1.54, 1.807) is 38.5 Å². The molecule has 0 N–H and O–H groups in total. The number of aryl methyl sites for hydroxylation is 1. The number of carbonyl (C=O) groups excluding carboxylic acids is 2. The molecule has 2 heterocycles. The van der Waals surface area contributed by atoms with Crippen LogP contribution in [-0.2, 0) is 16.0 Å². The van der Waals surface area contributed by atoms with E-state index >= 15 is 0 Å². The van der Waals surface area contributed by atoms with Crippen molar-refractivity contribution in [3.05, 3.63) is 48.0 Å². The van der Waals surface area contributed by atoms with E-state index in [1.807, 2.05) is 19.1 Å². The summed E-state index contributed by atoms with van der Waals surface area (Å²) in [6.45, 7) is 4.19. The molecule has 0 radical (unpaired) electrons. The van der Waals surface area contributed by atoms with Crippen LogP contribution in [0.5, 0.6) is 17.2 Å². The molecule has 0 unspecified atom stereocenters. The number of anilines is 1. The molecule has 2 aromatic rings. The van der Waals surface area contributed by atoms with Gasteiger partial charge in [0.15, 0.2) is 11.5 Å². The summed E-state index contributed by atoms with van der Waals surface area (Å²) in [5.41, 5.74) is 1.86. The van der Waals surface area contributed by atoms with Crippen LogP contribution >= 0.6 is 0 Å². The van der Waals surface area contributed by atoms with Crippen molar-refractivity contribution in [3.8, 4) is 17.2 Å². The number of hydrogen-bond acceptors (Lipinski definition) is 6. The highest BCUT2D eigenvalue weighted by Crippen LogP contribution is 2.32. The number of imide groups is 1. The van der Waals surface area contributed by atoms with Gasteiger partial charge in [0.05, 0.1) is 39.0 Å². The third kappa shape index (κ3) is 5.20. The highest BCUT2D eigenvalue weighted by molar-refractivity contribution is 6.22. The fourth-order valence-electron chi connectivity index (χ4n) is 4.99. The van der Waals surface area contributed by atoms with E-state index in [0.717, 1.165) is 56.0 Å². The van der Waals surface area contributed by atoms with Crippen LogP contribution in [0.25, 0.3) is 0 Å². The summed E-state index contributed by atoms with van der Waals surface area (Å²) in [6.07, 6.45) is 4.40. The Morgan fingerprint density at radius 3 is 2.29 bits per heavy atom. The second-order valence-electron chi connectivity index (χ2n) is 8.92.